The van der Waals surface area contributed by atoms with Crippen molar-refractivity contribution in [3.63, 3.8) is 0 Å². The van der Waals surface area contributed by atoms with Crippen LogP contribution < -0.4 is 10.6 Å². The SMILES string of the molecule is O=CNc1nc(C(=NOC2CCCC2)C(=O)NC2C(=O)N3C(C(=O)O)=C(CSc4nn[nH]n4)CS[C@H]23)cs1. The molecule has 5 rings (SSSR count). The molecule has 0 aromatic carbocycles. The van der Waals surface area contributed by atoms with Crippen LogP contribution in [0.5, 0.6) is 0 Å². The molecule has 2 fully saturated rings. The van der Waals surface area contributed by atoms with Gasteiger partial charge in [-0.3, -0.25) is 19.3 Å². The number of hydrogen-bond acceptors (Lipinski definition) is 13. The number of anilines is 1. The van der Waals surface area contributed by atoms with Crippen LogP contribution in [0, 0.1) is 0 Å². The van der Waals surface area contributed by atoms with Gasteiger partial charge in [-0.05, 0) is 36.5 Å². The van der Waals surface area contributed by atoms with Crippen molar-refractivity contribution in [2.24, 2.45) is 5.16 Å². The van der Waals surface area contributed by atoms with Gasteiger partial charge < -0.3 is 20.6 Å². The first-order valence-corrected chi connectivity index (χ1v) is 14.3. The zero-order valence-electron chi connectivity index (χ0n) is 19.5. The minimum atomic E-state index is -1.23. The van der Waals surface area contributed by atoms with Crippen molar-refractivity contribution in [3.8, 4) is 0 Å². The van der Waals surface area contributed by atoms with E-state index in [1.54, 1.807) is 5.38 Å². The predicted octanol–water partition coefficient (Wildman–Crippen LogP) is 0.419. The molecular weight excluding hydrogens is 558 g/mol. The summed E-state index contributed by atoms with van der Waals surface area (Å²) in [5.41, 5.74) is 0.478. The normalized spacial score (nSPS) is 21.6. The standard InChI is InChI=1S/C20H21N9O6S3/c30-8-21-19-22-11(7-38-19)12(26-35-10-3-1-2-4-10)15(31)23-13-16(32)29-14(18(33)34)9(5-36-17(13)29)6-37-20-24-27-28-25-20/h7-8,10,13,17H,1-6H2,(H,23,31)(H,33,34)(H,21,22,30)(H,24,25,27,28)/t13?,17-/m1/s1. The number of carbonyl (C=O) groups excluding carboxylic acids is 3. The number of nitrogens with zero attached hydrogens (tertiary/aromatic N) is 6. The zero-order chi connectivity index (χ0) is 26.6. The number of aromatic nitrogens is 5. The number of fused-ring (bicyclic) bond motifs is 1. The molecule has 200 valence electrons. The Morgan fingerprint density at radius 3 is 2.89 bits per heavy atom. The van der Waals surface area contributed by atoms with E-state index < -0.39 is 29.2 Å². The molecule has 2 aromatic rings. The van der Waals surface area contributed by atoms with Gasteiger partial charge in [0.1, 0.15) is 28.9 Å². The highest BCUT2D eigenvalue weighted by Gasteiger charge is 2.54. The van der Waals surface area contributed by atoms with Crippen LogP contribution in [0.1, 0.15) is 31.4 Å². The fourth-order valence-electron chi connectivity index (χ4n) is 4.19. The lowest BCUT2D eigenvalue weighted by atomic mass is 10.0. The van der Waals surface area contributed by atoms with E-state index in [9.17, 15) is 24.3 Å². The second-order valence-electron chi connectivity index (χ2n) is 8.35. The lowest BCUT2D eigenvalue weighted by Gasteiger charge is -2.49. The topological polar surface area (TPSA) is 205 Å². The van der Waals surface area contributed by atoms with E-state index in [4.69, 9.17) is 4.84 Å². The van der Waals surface area contributed by atoms with E-state index in [-0.39, 0.29) is 34.1 Å². The Bertz CT molecular complexity index is 1290. The molecule has 2 aromatic heterocycles. The molecule has 38 heavy (non-hydrogen) atoms. The summed E-state index contributed by atoms with van der Waals surface area (Å²) in [7, 11) is 0. The first-order valence-electron chi connectivity index (χ1n) is 11.4. The first kappa shape index (κ1) is 26.1. The van der Waals surface area contributed by atoms with Crippen LogP contribution in [0.2, 0.25) is 0 Å². The molecule has 3 aliphatic rings. The second kappa shape index (κ2) is 11.5. The minimum absolute atomic E-state index is 0.109. The van der Waals surface area contributed by atoms with Crippen LogP contribution in [-0.4, -0.2) is 94.5 Å². The first-order chi connectivity index (χ1) is 18.5. The maximum Gasteiger partial charge on any atom is 0.352 e. The van der Waals surface area contributed by atoms with Gasteiger partial charge in [0.15, 0.2) is 10.8 Å². The van der Waals surface area contributed by atoms with Crippen molar-refractivity contribution in [1.82, 2.24) is 35.8 Å². The van der Waals surface area contributed by atoms with Crippen molar-refractivity contribution in [2.45, 2.75) is 48.4 Å². The summed E-state index contributed by atoms with van der Waals surface area (Å²) < 4.78 is 0. The molecule has 15 nitrogen and oxygen atoms in total. The molecule has 18 heteroatoms. The maximum absolute atomic E-state index is 13.3. The molecule has 0 spiro atoms. The quantitative estimate of drug-likeness (QED) is 0.0940. The van der Waals surface area contributed by atoms with Gasteiger partial charge in [-0.25, -0.2) is 9.78 Å². The number of amides is 3. The third-order valence-electron chi connectivity index (χ3n) is 5.98. The molecule has 1 aliphatic carbocycles. The summed E-state index contributed by atoms with van der Waals surface area (Å²) in [6.07, 6.45) is 4.00. The van der Waals surface area contributed by atoms with E-state index in [1.165, 1.54) is 28.4 Å². The third kappa shape index (κ3) is 5.37. The predicted molar refractivity (Wildman–Crippen MR) is 136 cm³/mol. The van der Waals surface area contributed by atoms with Crippen LogP contribution in [0.3, 0.4) is 0 Å². The number of hydrogen-bond donors (Lipinski definition) is 4. The molecule has 4 heterocycles. The highest BCUT2D eigenvalue weighted by molar-refractivity contribution is 8.01. The van der Waals surface area contributed by atoms with Crippen LogP contribution in [0.25, 0.3) is 0 Å². The van der Waals surface area contributed by atoms with E-state index in [1.807, 2.05) is 0 Å². The number of tetrazole rings is 1. The van der Waals surface area contributed by atoms with Gasteiger partial charge in [-0.1, -0.05) is 16.9 Å². The monoisotopic (exact) mass is 579 g/mol. The molecule has 1 unspecified atom stereocenters. The fourth-order valence-corrected chi connectivity index (χ4v) is 7.07. The highest BCUT2D eigenvalue weighted by atomic mass is 32.2. The Morgan fingerprint density at radius 1 is 1.37 bits per heavy atom. The van der Waals surface area contributed by atoms with Crippen molar-refractivity contribution in [1.29, 1.82) is 0 Å². The fraction of sp³-hybridized carbons (Fsp3) is 0.450. The number of nitrogens with one attached hydrogen (secondary N) is 3. The number of H-pyrrole nitrogens is 1. The average molecular weight is 580 g/mol. The number of thioether (sulfide) groups is 2. The Morgan fingerprint density at radius 2 is 2.18 bits per heavy atom. The van der Waals surface area contributed by atoms with Crippen molar-refractivity contribution in [3.05, 3.63) is 22.3 Å². The van der Waals surface area contributed by atoms with Gasteiger partial charge in [0, 0.05) is 16.9 Å². The molecule has 0 radical (unpaired) electrons. The Labute approximate surface area is 227 Å². The number of carbonyl (C=O) groups is 4. The summed E-state index contributed by atoms with van der Waals surface area (Å²) in [5.74, 6) is -1.87. The highest BCUT2D eigenvalue weighted by Crippen LogP contribution is 2.41. The lowest BCUT2D eigenvalue weighted by molar-refractivity contribution is -0.150. The van der Waals surface area contributed by atoms with Crippen LogP contribution in [0.4, 0.5) is 5.13 Å². The molecule has 3 amide bonds. The van der Waals surface area contributed by atoms with Crippen LogP contribution in [0.15, 0.2) is 27.0 Å². The van der Waals surface area contributed by atoms with Crippen molar-refractivity contribution >= 4 is 69.9 Å². The summed E-state index contributed by atoms with van der Waals surface area (Å²) in [6, 6.07) is -0.962. The van der Waals surface area contributed by atoms with Gasteiger partial charge in [-0.15, -0.1) is 33.3 Å². The number of β-lactam (4-membered cyclic amide) rings is 1. The second-order valence-corrected chi connectivity index (χ2v) is 11.3. The third-order valence-corrected chi connectivity index (χ3v) is 9.01. The number of oxime groups is 1. The number of carboxylic acids is 1. The molecule has 1 saturated heterocycles. The van der Waals surface area contributed by atoms with E-state index >= 15 is 0 Å². The molecule has 1 saturated carbocycles. The van der Waals surface area contributed by atoms with E-state index in [2.05, 4.69) is 41.4 Å². The molecule has 2 atom stereocenters. The van der Waals surface area contributed by atoms with Gasteiger partial charge in [0.25, 0.3) is 11.8 Å². The van der Waals surface area contributed by atoms with Crippen LogP contribution >= 0.6 is 34.9 Å². The number of aliphatic carboxylic acids is 1. The molecule has 0 bridgehead atoms. The summed E-state index contributed by atoms with van der Waals surface area (Å²) in [6.45, 7) is 0. The summed E-state index contributed by atoms with van der Waals surface area (Å²) in [5, 5.41) is 34.1. The molecule has 2 aliphatic heterocycles. The smallest absolute Gasteiger partial charge is 0.352 e. The Kier molecular flexibility index (Phi) is 7.89. The Balaban J connectivity index is 1.31. The summed E-state index contributed by atoms with van der Waals surface area (Å²) >= 11 is 3.65. The Hall–Kier alpha value is -3.51. The minimum Gasteiger partial charge on any atom is -0.477 e. The van der Waals surface area contributed by atoms with Crippen molar-refractivity contribution < 1.29 is 29.1 Å². The van der Waals surface area contributed by atoms with Gasteiger partial charge in [-0.2, -0.15) is 5.21 Å². The van der Waals surface area contributed by atoms with Gasteiger partial charge >= 0.3 is 5.97 Å². The lowest BCUT2D eigenvalue weighted by Crippen LogP contribution is -2.71. The van der Waals surface area contributed by atoms with Crippen LogP contribution in [-0.2, 0) is 24.0 Å². The summed E-state index contributed by atoms with van der Waals surface area (Å²) in [4.78, 5) is 60.2. The van der Waals surface area contributed by atoms with Crippen molar-refractivity contribution in [2.75, 3.05) is 16.8 Å². The zero-order valence-corrected chi connectivity index (χ0v) is 22.0. The van der Waals surface area contributed by atoms with Gasteiger partial charge in [0.05, 0.1) is 0 Å². The number of rotatable bonds is 11. The number of aromatic amines is 1. The number of carboxylic acid groups (broad SMARTS) is 1. The molecular formula is C20H21N9O6S3. The number of thiazole rings is 1. The van der Waals surface area contributed by atoms with E-state index in [0.717, 1.165) is 37.0 Å². The molecule has 4 N–H and O–H groups in total. The average Bonchev–Trinajstić information content (AvgIpc) is 3.69. The van der Waals surface area contributed by atoms with Gasteiger partial charge in [0.2, 0.25) is 11.6 Å². The maximum atomic E-state index is 13.3. The largest absolute Gasteiger partial charge is 0.477 e. The van der Waals surface area contributed by atoms with E-state index in [0.29, 0.717) is 22.9 Å².